The Kier molecular flexibility index (Phi) is 3.46. The molecule has 1 aromatic carbocycles. The molecule has 0 saturated heterocycles. The van der Waals surface area contributed by atoms with Gasteiger partial charge >= 0.3 is 0 Å². The van der Waals surface area contributed by atoms with Crippen LogP contribution in [0.25, 0.3) is 0 Å². The Bertz CT molecular complexity index is 768. The number of hydrogen-bond donors (Lipinski definition) is 2. The Hall–Kier alpha value is -1.86. The van der Waals surface area contributed by atoms with Gasteiger partial charge in [-0.3, -0.25) is 0 Å². The van der Waals surface area contributed by atoms with E-state index in [1.54, 1.807) is 12.1 Å². The maximum atomic E-state index is 12.6. The van der Waals surface area contributed by atoms with Gasteiger partial charge in [0.05, 0.1) is 6.20 Å². The molecule has 2 heterocycles. The van der Waals surface area contributed by atoms with Crippen molar-refractivity contribution in [3.05, 3.63) is 41.3 Å². The highest BCUT2D eigenvalue weighted by atomic mass is 32.2. The van der Waals surface area contributed by atoms with Crippen molar-refractivity contribution in [1.82, 2.24) is 14.3 Å². The number of H-pyrrole nitrogens is 1. The van der Waals surface area contributed by atoms with E-state index in [1.807, 2.05) is 13.0 Å². The highest BCUT2D eigenvalue weighted by Crippen LogP contribution is 2.26. The zero-order chi connectivity index (χ0) is 15.0. The van der Waals surface area contributed by atoms with E-state index < -0.39 is 10.0 Å². The molecule has 0 bridgehead atoms. The molecular formula is C14H17N3O3S. The molecule has 112 valence electrons. The minimum Gasteiger partial charge on any atom is -0.508 e. The molecule has 7 heteroatoms. The number of phenols is 1. The van der Waals surface area contributed by atoms with Gasteiger partial charge in [-0.05, 0) is 29.7 Å². The summed E-state index contributed by atoms with van der Waals surface area (Å²) in [4.78, 5) is 6.90. The first-order valence-electron chi connectivity index (χ1n) is 6.85. The van der Waals surface area contributed by atoms with Gasteiger partial charge in [0.2, 0.25) is 0 Å². The van der Waals surface area contributed by atoms with E-state index >= 15 is 0 Å². The molecule has 0 aliphatic carbocycles. The lowest BCUT2D eigenvalue weighted by Gasteiger charge is -2.27. The van der Waals surface area contributed by atoms with Gasteiger partial charge < -0.3 is 10.1 Å². The van der Waals surface area contributed by atoms with E-state index in [0.29, 0.717) is 25.2 Å². The van der Waals surface area contributed by atoms with E-state index in [-0.39, 0.29) is 17.3 Å². The molecule has 0 radical (unpaired) electrons. The third-order valence-electron chi connectivity index (χ3n) is 3.72. The molecule has 0 amide bonds. The molecule has 1 aromatic heterocycles. The molecule has 0 fully saturated rings. The number of fused-ring (bicyclic) bond motifs is 1. The van der Waals surface area contributed by atoms with Crippen molar-refractivity contribution in [2.45, 2.75) is 31.3 Å². The molecule has 21 heavy (non-hydrogen) atoms. The number of phenolic OH excluding ortho intramolecular Hbond substituents is 1. The summed E-state index contributed by atoms with van der Waals surface area (Å²) in [6.07, 6.45) is 2.67. The van der Waals surface area contributed by atoms with Gasteiger partial charge in [0.1, 0.15) is 11.6 Å². The number of nitrogens with zero attached hydrogens (tertiary/aromatic N) is 2. The second-order valence-electron chi connectivity index (χ2n) is 5.09. The number of nitrogens with one attached hydrogen (secondary N) is 1. The summed E-state index contributed by atoms with van der Waals surface area (Å²) >= 11 is 0. The first-order valence-corrected chi connectivity index (χ1v) is 8.29. The lowest BCUT2D eigenvalue weighted by atomic mass is 10.0. The molecule has 0 unspecified atom stereocenters. The van der Waals surface area contributed by atoms with Crippen molar-refractivity contribution < 1.29 is 13.5 Å². The zero-order valence-electron chi connectivity index (χ0n) is 11.7. The summed E-state index contributed by atoms with van der Waals surface area (Å²) in [7, 11) is -3.57. The first kappa shape index (κ1) is 14.1. The van der Waals surface area contributed by atoms with E-state index in [9.17, 15) is 13.5 Å². The molecule has 3 rings (SSSR count). The lowest BCUT2D eigenvalue weighted by Crippen LogP contribution is -2.36. The van der Waals surface area contributed by atoms with E-state index in [2.05, 4.69) is 9.97 Å². The largest absolute Gasteiger partial charge is 0.508 e. The number of aromatic hydroxyl groups is 1. The van der Waals surface area contributed by atoms with Gasteiger partial charge in [-0.2, -0.15) is 4.31 Å². The summed E-state index contributed by atoms with van der Waals surface area (Å²) in [6, 6.07) is 5.10. The fourth-order valence-electron chi connectivity index (χ4n) is 2.52. The Morgan fingerprint density at radius 3 is 2.90 bits per heavy atom. The topological polar surface area (TPSA) is 86.3 Å². The normalized spacial score (nSPS) is 15.9. The monoisotopic (exact) mass is 307 g/mol. The van der Waals surface area contributed by atoms with Crippen LogP contribution in [-0.2, 0) is 29.4 Å². The molecule has 2 N–H and O–H groups in total. The van der Waals surface area contributed by atoms with Crippen molar-refractivity contribution in [3.8, 4) is 5.75 Å². The van der Waals surface area contributed by atoms with Gasteiger partial charge in [-0.1, -0.05) is 13.0 Å². The zero-order valence-corrected chi connectivity index (χ0v) is 12.5. The van der Waals surface area contributed by atoms with Crippen molar-refractivity contribution in [3.63, 3.8) is 0 Å². The molecule has 0 spiro atoms. The van der Waals surface area contributed by atoms with Crippen LogP contribution in [0.1, 0.15) is 23.9 Å². The van der Waals surface area contributed by atoms with Crippen LogP contribution in [0.4, 0.5) is 0 Å². The highest BCUT2D eigenvalue weighted by Gasteiger charge is 2.29. The number of imidazole rings is 1. The van der Waals surface area contributed by atoms with E-state index in [0.717, 1.165) is 11.1 Å². The minimum atomic E-state index is -3.57. The van der Waals surface area contributed by atoms with Gasteiger partial charge in [0, 0.05) is 19.5 Å². The van der Waals surface area contributed by atoms with Crippen molar-refractivity contribution >= 4 is 10.0 Å². The third kappa shape index (κ3) is 2.54. The predicted molar refractivity (Wildman–Crippen MR) is 77.4 cm³/mol. The second kappa shape index (κ2) is 5.16. The van der Waals surface area contributed by atoms with Crippen LogP contribution in [0.5, 0.6) is 5.75 Å². The number of rotatable bonds is 3. The van der Waals surface area contributed by atoms with Crippen LogP contribution in [0.2, 0.25) is 0 Å². The average molecular weight is 307 g/mol. The summed E-state index contributed by atoms with van der Waals surface area (Å²) in [6.45, 7) is 2.61. The Morgan fingerprint density at radius 1 is 1.38 bits per heavy atom. The van der Waals surface area contributed by atoms with Crippen molar-refractivity contribution in [2.24, 2.45) is 0 Å². The maximum absolute atomic E-state index is 12.6. The summed E-state index contributed by atoms with van der Waals surface area (Å²) < 4.78 is 26.6. The van der Waals surface area contributed by atoms with E-state index in [4.69, 9.17) is 0 Å². The number of aryl methyl sites for hydroxylation is 1. The number of hydrogen-bond acceptors (Lipinski definition) is 4. The van der Waals surface area contributed by atoms with Gasteiger partial charge in [-0.15, -0.1) is 0 Å². The predicted octanol–water partition coefficient (Wildman–Crippen LogP) is 1.42. The van der Waals surface area contributed by atoms with E-state index in [1.165, 1.54) is 10.5 Å². The number of sulfonamides is 1. The quantitative estimate of drug-likeness (QED) is 0.898. The Labute approximate surface area is 123 Å². The summed E-state index contributed by atoms with van der Waals surface area (Å²) in [5.41, 5.74) is 1.93. The summed E-state index contributed by atoms with van der Waals surface area (Å²) in [5.74, 6) is 0.812. The second-order valence-corrected chi connectivity index (χ2v) is 7.00. The maximum Gasteiger partial charge on any atom is 0.260 e. The third-order valence-corrected chi connectivity index (χ3v) is 5.48. The van der Waals surface area contributed by atoms with Crippen molar-refractivity contribution in [1.29, 1.82) is 0 Å². The molecule has 2 aromatic rings. The smallest absolute Gasteiger partial charge is 0.260 e. The first-order chi connectivity index (χ1) is 10.0. The molecule has 0 atom stereocenters. The molecular weight excluding hydrogens is 290 g/mol. The molecule has 0 saturated carbocycles. The van der Waals surface area contributed by atoms with Crippen molar-refractivity contribution in [2.75, 3.05) is 6.54 Å². The van der Waals surface area contributed by atoms with Gasteiger partial charge in [0.15, 0.2) is 5.03 Å². The fourth-order valence-corrected chi connectivity index (χ4v) is 3.87. The van der Waals surface area contributed by atoms with Gasteiger partial charge in [0.25, 0.3) is 10.0 Å². The number of aromatic amines is 1. The highest BCUT2D eigenvalue weighted by molar-refractivity contribution is 7.89. The van der Waals surface area contributed by atoms with Crippen LogP contribution in [-0.4, -0.2) is 34.3 Å². The number of benzene rings is 1. The average Bonchev–Trinajstić information content (AvgIpc) is 2.96. The minimum absolute atomic E-state index is 0.128. The van der Waals surface area contributed by atoms with Crippen LogP contribution in [0, 0.1) is 0 Å². The standard InChI is InChI=1S/C14H17N3O3S/c1-2-13-15-8-14(16-13)21(19,20)17-6-5-10-3-4-12(18)7-11(10)9-17/h3-4,7-8,18H,2,5-6,9H2,1H3,(H,15,16). The Balaban J connectivity index is 1.91. The van der Waals surface area contributed by atoms with Crippen LogP contribution >= 0.6 is 0 Å². The number of aromatic nitrogens is 2. The molecule has 6 nitrogen and oxygen atoms in total. The summed E-state index contributed by atoms with van der Waals surface area (Å²) in [5, 5.41) is 9.67. The molecule has 1 aliphatic heterocycles. The SMILES string of the molecule is CCc1ncc(S(=O)(=O)N2CCc3ccc(O)cc3C2)[nH]1. The molecule has 1 aliphatic rings. The van der Waals surface area contributed by atoms with Gasteiger partial charge in [-0.25, -0.2) is 13.4 Å². The van der Waals surface area contributed by atoms with Crippen LogP contribution in [0.3, 0.4) is 0 Å². The fraction of sp³-hybridized carbons (Fsp3) is 0.357. The lowest BCUT2D eigenvalue weighted by molar-refractivity contribution is 0.387. The Morgan fingerprint density at radius 2 is 2.19 bits per heavy atom. The van der Waals surface area contributed by atoms with Crippen LogP contribution < -0.4 is 0 Å². The van der Waals surface area contributed by atoms with Crippen LogP contribution in [0.15, 0.2) is 29.4 Å².